The lowest BCUT2D eigenvalue weighted by Gasteiger charge is -2.12. The highest BCUT2D eigenvalue weighted by atomic mass is 19.4. The summed E-state index contributed by atoms with van der Waals surface area (Å²) in [6, 6.07) is 4.04. The van der Waals surface area contributed by atoms with Crippen LogP contribution in [0.2, 0.25) is 0 Å². The second-order valence-electron chi connectivity index (χ2n) is 5.16. The third-order valence-corrected chi connectivity index (χ3v) is 3.42. The molecule has 1 aromatic carbocycles. The Morgan fingerprint density at radius 2 is 2.10 bits per heavy atom. The van der Waals surface area contributed by atoms with Gasteiger partial charge in [0.25, 0.3) is 0 Å². The van der Waals surface area contributed by atoms with Gasteiger partial charge in [0.1, 0.15) is 0 Å². The molecule has 112 valence electrons. The van der Waals surface area contributed by atoms with Crippen LogP contribution >= 0.6 is 0 Å². The molecule has 3 rings (SSSR count). The summed E-state index contributed by atoms with van der Waals surface area (Å²) >= 11 is 0. The molecule has 1 heterocycles. The van der Waals surface area contributed by atoms with Crippen molar-refractivity contribution in [3.63, 3.8) is 0 Å². The fraction of sp³-hybridized carbons (Fsp3) is 0.462. The molecule has 0 unspecified atom stereocenters. The molecule has 0 radical (unpaired) electrons. The van der Waals surface area contributed by atoms with Gasteiger partial charge in [-0.2, -0.15) is 17.9 Å². The van der Waals surface area contributed by atoms with Crippen molar-refractivity contribution in [2.45, 2.75) is 38.5 Å². The molecule has 8 heteroatoms. The standard InChI is InChI=1S/C13H14F3N5/c1-8-2-3-9(13(14,15)16)6-11(8)21-12(18-19-20-21)7-17-10-4-5-10/h2-3,6,10,17H,4-5,7H2,1H3. The number of hydrogen-bond acceptors (Lipinski definition) is 4. The molecule has 1 aromatic heterocycles. The van der Waals surface area contributed by atoms with Crippen LogP contribution in [0.15, 0.2) is 18.2 Å². The summed E-state index contributed by atoms with van der Waals surface area (Å²) < 4.78 is 39.9. The van der Waals surface area contributed by atoms with Crippen molar-refractivity contribution < 1.29 is 13.2 Å². The zero-order chi connectivity index (χ0) is 15.0. The van der Waals surface area contributed by atoms with Gasteiger partial charge in [0, 0.05) is 6.04 Å². The summed E-state index contributed by atoms with van der Waals surface area (Å²) in [6.45, 7) is 2.17. The number of halogens is 3. The van der Waals surface area contributed by atoms with E-state index >= 15 is 0 Å². The van der Waals surface area contributed by atoms with Crippen LogP contribution in [0.4, 0.5) is 13.2 Å². The number of nitrogens with one attached hydrogen (secondary N) is 1. The molecule has 1 fully saturated rings. The molecule has 0 aliphatic heterocycles. The van der Waals surface area contributed by atoms with Crippen LogP contribution in [-0.4, -0.2) is 26.2 Å². The molecule has 0 spiro atoms. The highest BCUT2D eigenvalue weighted by Crippen LogP contribution is 2.31. The molecule has 1 aliphatic rings. The van der Waals surface area contributed by atoms with Crippen LogP contribution in [0, 0.1) is 6.92 Å². The van der Waals surface area contributed by atoms with E-state index in [0.717, 1.165) is 25.0 Å². The maximum Gasteiger partial charge on any atom is 0.416 e. The number of nitrogens with zero attached hydrogens (tertiary/aromatic N) is 4. The minimum Gasteiger partial charge on any atom is -0.307 e. The highest BCUT2D eigenvalue weighted by Gasteiger charge is 2.31. The third kappa shape index (κ3) is 3.05. The van der Waals surface area contributed by atoms with Crippen molar-refractivity contribution in [3.8, 4) is 5.69 Å². The normalized spacial score (nSPS) is 15.4. The Labute approximate surface area is 119 Å². The summed E-state index contributed by atoms with van der Waals surface area (Å²) in [5.41, 5.74) is 0.324. The van der Waals surface area contributed by atoms with Gasteiger partial charge in [-0.3, -0.25) is 0 Å². The fourth-order valence-corrected chi connectivity index (χ4v) is 2.04. The van der Waals surface area contributed by atoms with Crippen LogP contribution in [0.3, 0.4) is 0 Å². The monoisotopic (exact) mass is 297 g/mol. The zero-order valence-electron chi connectivity index (χ0n) is 11.4. The first-order valence-electron chi connectivity index (χ1n) is 6.64. The van der Waals surface area contributed by atoms with Crippen molar-refractivity contribution in [1.29, 1.82) is 0 Å². The Morgan fingerprint density at radius 3 is 2.76 bits per heavy atom. The smallest absolute Gasteiger partial charge is 0.307 e. The van der Waals surface area contributed by atoms with E-state index in [1.807, 2.05) is 0 Å². The van der Waals surface area contributed by atoms with Crippen LogP contribution in [0.25, 0.3) is 5.69 Å². The van der Waals surface area contributed by atoms with Crippen molar-refractivity contribution in [1.82, 2.24) is 25.5 Å². The molecule has 1 saturated carbocycles. The second-order valence-corrected chi connectivity index (χ2v) is 5.16. The number of tetrazole rings is 1. The van der Waals surface area contributed by atoms with Gasteiger partial charge in [-0.15, -0.1) is 5.10 Å². The number of benzene rings is 1. The minimum absolute atomic E-state index is 0.349. The van der Waals surface area contributed by atoms with Gasteiger partial charge in [-0.05, 0) is 47.9 Å². The van der Waals surface area contributed by atoms with Crippen molar-refractivity contribution in [2.24, 2.45) is 0 Å². The summed E-state index contributed by atoms with van der Waals surface area (Å²) in [6.07, 6.45) is -2.16. The van der Waals surface area contributed by atoms with E-state index in [4.69, 9.17) is 0 Å². The molecule has 5 nitrogen and oxygen atoms in total. The summed E-state index contributed by atoms with van der Waals surface area (Å²) in [7, 11) is 0. The molecule has 1 aliphatic carbocycles. The van der Waals surface area contributed by atoms with Crippen LogP contribution in [-0.2, 0) is 12.7 Å². The SMILES string of the molecule is Cc1ccc(C(F)(F)F)cc1-n1nnnc1CNC1CC1. The van der Waals surface area contributed by atoms with Gasteiger partial charge in [0.05, 0.1) is 17.8 Å². The Kier molecular flexibility index (Phi) is 3.40. The molecule has 21 heavy (non-hydrogen) atoms. The molecule has 0 atom stereocenters. The summed E-state index contributed by atoms with van der Waals surface area (Å²) in [4.78, 5) is 0. The molecule has 2 aromatic rings. The lowest BCUT2D eigenvalue weighted by Crippen LogP contribution is -2.19. The van der Waals surface area contributed by atoms with Crippen LogP contribution in [0.5, 0.6) is 0 Å². The largest absolute Gasteiger partial charge is 0.416 e. The van der Waals surface area contributed by atoms with Gasteiger partial charge in [-0.25, -0.2) is 0 Å². The van der Waals surface area contributed by atoms with Crippen molar-refractivity contribution in [2.75, 3.05) is 0 Å². The van der Waals surface area contributed by atoms with E-state index < -0.39 is 11.7 Å². The molecule has 0 bridgehead atoms. The number of aryl methyl sites for hydroxylation is 1. The summed E-state index contributed by atoms with van der Waals surface area (Å²) in [5, 5.41) is 14.5. The van der Waals surface area contributed by atoms with E-state index in [1.165, 1.54) is 10.7 Å². The Morgan fingerprint density at radius 1 is 1.33 bits per heavy atom. The van der Waals surface area contributed by atoms with Gasteiger partial charge in [-0.1, -0.05) is 6.07 Å². The van der Waals surface area contributed by atoms with E-state index in [2.05, 4.69) is 20.8 Å². The topological polar surface area (TPSA) is 55.6 Å². The Balaban J connectivity index is 1.93. The van der Waals surface area contributed by atoms with E-state index in [0.29, 0.717) is 29.7 Å². The highest BCUT2D eigenvalue weighted by molar-refractivity contribution is 5.43. The second kappa shape index (κ2) is 5.10. The average Bonchev–Trinajstić information content (AvgIpc) is 3.13. The molecule has 1 N–H and O–H groups in total. The Bertz CT molecular complexity index is 645. The maximum atomic E-state index is 12.8. The fourth-order valence-electron chi connectivity index (χ4n) is 2.04. The number of hydrogen-bond donors (Lipinski definition) is 1. The van der Waals surface area contributed by atoms with Gasteiger partial charge in [0.2, 0.25) is 0 Å². The van der Waals surface area contributed by atoms with Crippen LogP contribution in [0.1, 0.15) is 29.8 Å². The van der Waals surface area contributed by atoms with Crippen molar-refractivity contribution >= 4 is 0 Å². The van der Waals surface area contributed by atoms with Gasteiger partial charge < -0.3 is 5.32 Å². The van der Waals surface area contributed by atoms with Crippen molar-refractivity contribution in [3.05, 3.63) is 35.2 Å². The zero-order valence-corrected chi connectivity index (χ0v) is 11.4. The Hall–Kier alpha value is -1.96. The van der Waals surface area contributed by atoms with Crippen LogP contribution < -0.4 is 5.32 Å². The maximum absolute atomic E-state index is 12.8. The first-order valence-corrected chi connectivity index (χ1v) is 6.64. The molecular weight excluding hydrogens is 283 g/mol. The van der Waals surface area contributed by atoms with E-state index in [1.54, 1.807) is 6.92 Å². The first kappa shape index (κ1) is 14.0. The van der Waals surface area contributed by atoms with E-state index in [9.17, 15) is 13.2 Å². The summed E-state index contributed by atoms with van der Waals surface area (Å²) in [5.74, 6) is 0.504. The average molecular weight is 297 g/mol. The quantitative estimate of drug-likeness (QED) is 0.940. The molecule has 0 amide bonds. The van der Waals surface area contributed by atoms with Gasteiger partial charge >= 0.3 is 6.18 Å². The number of aromatic nitrogens is 4. The van der Waals surface area contributed by atoms with E-state index in [-0.39, 0.29) is 0 Å². The number of alkyl halides is 3. The molecular formula is C13H14F3N5. The predicted molar refractivity (Wildman–Crippen MR) is 68.8 cm³/mol. The third-order valence-electron chi connectivity index (χ3n) is 3.42. The lowest BCUT2D eigenvalue weighted by atomic mass is 10.1. The minimum atomic E-state index is -4.39. The molecule has 0 saturated heterocycles. The predicted octanol–water partition coefficient (Wildman–Crippen LogP) is 2.24. The van der Waals surface area contributed by atoms with Gasteiger partial charge in [0.15, 0.2) is 5.82 Å². The first-order chi connectivity index (χ1) is 9.95. The number of rotatable bonds is 4. The lowest BCUT2D eigenvalue weighted by molar-refractivity contribution is -0.137.